The van der Waals surface area contributed by atoms with Crippen molar-refractivity contribution in [3.05, 3.63) is 23.3 Å². The average molecular weight is 223 g/mol. The van der Waals surface area contributed by atoms with Crippen molar-refractivity contribution in [1.29, 1.82) is 0 Å². The number of benzene rings is 1. The molecule has 3 nitrogen and oxygen atoms in total. The summed E-state index contributed by atoms with van der Waals surface area (Å²) in [5.74, 6) is 0. The summed E-state index contributed by atoms with van der Waals surface area (Å²) in [5, 5.41) is 0. The molecule has 1 rings (SSSR count). The van der Waals surface area contributed by atoms with Crippen LogP contribution in [-0.4, -0.2) is 0 Å². The molecule has 0 radical (unpaired) electrons. The van der Waals surface area contributed by atoms with Crippen LogP contribution < -0.4 is 11.5 Å². The standard InChI is InChI=1S/C8H12N2.Cl2O/c1-5-3-7(9)4-6(2)8(5)10;1-3-2/h3-4H,9-10H2,1-2H3;. The van der Waals surface area contributed by atoms with Gasteiger partial charge in [-0.25, -0.2) is 0 Å². The molecule has 0 saturated carbocycles. The van der Waals surface area contributed by atoms with Gasteiger partial charge in [0.1, 0.15) is 0 Å². The van der Waals surface area contributed by atoms with Gasteiger partial charge >= 0.3 is 0 Å². The van der Waals surface area contributed by atoms with Gasteiger partial charge in [0.05, 0.1) is 23.7 Å². The van der Waals surface area contributed by atoms with Gasteiger partial charge in [0, 0.05) is 11.4 Å². The van der Waals surface area contributed by atoms with Gasteiger partial charge in [0.25, 0.3) is 0 Å². The van der Waals surface area contributed by atoms with E-state index in [1.807, 2.05) is 26.0 Å². The molecule has 0 heterocycles. The highest BCUT2D eigenvalue weighted by Crippen LogP contribution is 2.19. The van der Waals surface area contributed by atoms with E-state index in [1.54, 1.807) is 0 Å². The monoisotopic (exact) mass is 222 g/mol. The lowest BCUT2D eigenvalue weighted by Crippen LogP contribution is -1.95. The SMILES string of the molecule is Cc1cc(N)cc(C)c1N.ClOCl. The second-order valence-electron chi connectivity index (χ2n) is 2.63. The van der Waals surface area contributed by atoms with E-state index in [-0.39, 0.29) is 0 Å². The fraction of sp³-hybridized carbons (Fsp3) is 0.250. The van der Waals surface area contributed by atoms with E-state index in [9.17, 15) is 0 Å². The van der Waals surface area contributed by atoms with Crippen LogP contribution in [0.1, 0.15) is 11.1 Å². The fourth-order valence-electron chi connectivity index (χ4n) is 1.01. The van der Waals surface area contributed by atoms with Crippen LogP contribution in [0.25, 0.3) is 0 Å². The summed E-state index contributed by atoms with van der Waals surface area (Å²) in [6.07, 6.45) is 0. The zero-order valence-corrected chi connectivity index (χ0v) is 8.99. The Morgan fingerprint density at radius 3 is 1.69 bits per heavy atom. The molecule has 1 aromatic rings. The first kappa shape index (κ1) is 12.4. The van der Waals surface area contributed by atoms with Gasteiger partial charge in [-0.1, -0.05) is 0 Å². The minimum Gasteiger partial charge on any atom is -0.399 e. The summed E-state index contributed by atoms with van der Waals surface area (Å²) < 4.78 is 3.19. The van der Waals surface area contributed by atoms with E-state index in [0.717, 1.165) is 22.5 Å². The first-order chi connectivity index (χ1) is 6.02. The van der Waals surface area contributed by atoms with Gasteiger partial charge in [-0.2, -0.15) is 3.84 Å². The molecule has 0 aliphatic carbocycles. The molecule has 0 amide bonds. The summed E-state index contributed by atoms with van der Waals surface area (Å²) in [6, 6.07) is 3.75. The van der Waals surface area contributed by atoms with Crippen molar-refractivity contribution in [2.75, 3.05) is 11.5 Å². The third kappa shape index (κ3) is 4.22. The van der Waals surface area contributed by atoms with Gasteiger partial charge < -0.3 is 11.5 Å². The Bertz CT molecular complexity index is 256. The number of hydrogen-bond acceptors (Lipinski definition) is 3. The van der Waals surface area contributed by atoms with Crippen molar-refractivity contribution in [3.8, 4) is 0 Å². The van der Waals surface area contributed by atoms with E-state index < -0.39 is 0 Å². The molecule has 1 aromatic carbocycles. The lowest BCUT2D eigenvalue weighted by atomic mass is 10.1. The maximum atomic E-state index is 5.70. The zero-order chi connectivity index (χ0) is 10.4. The van der Waals surface area contributed by atoms with Crippen LogP contribution in [0.15, 0.2) is 12.1 Å². The predicted octanol–water partition coefficient (Wildman–Crippen LogP) is 2.78. The number of nitrogen functional groups attached to an aromatic ring is 2. The average Bonchev–Trinajstić information content (AvgIpc) is 2.01. The molecule has 13 heavy (non-hydrogen) atoms. The largest absolute Gasteiger partial charge is 0.399 e. The van der Waals surface area contributed by atoms with Gasteiger partial charge in [-0.15, -0.1) is 0 Å². The lowest BCUT2D eigenvalue weighted by molar-refractivity contribution is 0.697. The van der Waals surface area contributed by atoms with Crippen molar-refractivity contribution >= 4 is 35.1 Å². The molecule has 4 N–H and O–H groups in total. The first-order valence-corrected chi connectivity index (χ1v) is 4.16. The molecule has 0 unspecified atom stereocenters. The molecule has 0 aromatic heterocycles. The number of anilines is 2. The Morgan fingerprint density at radius 2 is 1.38 bits per heavy atom. The van der Waals surface area contributed by atoms with Crippen LogP contribution >= 0.6 is 23.7 Å². The van der Waals surface area contributed by atoms with Crippen LogP contribution in [0.3, 0.4) is 0 Å². The molecule has 0 aliphatic heterocycles. The number of rotatable bonds is 0. The highest BCUT2D eigenvalue weighted by atomic mass is 35.6. The van der Waals surface area contributed by atoms with Crippen LogP contribution in [0.5, 0.6) is 0 Å². The molecule has 0 fully saturated rings. The molecule has 0 bridgehead atoms. The molecular formula is C8H12Cl2N2O. The van der Waals surface area contributed by atoms with Crippen molar-refractivity contribution in [2.24, 2.45) is 0 Å². The third-order valence-electron chi connectivity index (χ3n) is 1.62. The Hall–Kier alpha value is -0.640. The highest BCUT2D eigenvalue weighted by molar-refractivity contribution is 6.24. The second kappa shape index (κ2) is 5.91. The Balaban J connectivity index is 0.000000424. The quantitative estimate of drug-likeness (QED) is 0.664. The van der Waals surface area contributed by atoms with E-state index in [2.05, 4.69) is 27.6 Å². The molecule has 0 aliphatic rings. The second-order valence-corrected chi connectivity index (χ2v) is 3.09. The van der Waals surface area contributed by atoms with Crippen molar-refractivity contribution in [1.82, 2.24) is 0 Å². The fourth-order valence-corrected chi connectivity index (χ4v) is 1.01. The Kier molecular flexibility index (Phi) is 5.62. The minimum atomic E-state index is 0.782. The minimum absolute atomic E-state index is 0.782. The number of hydrogen-bond donors (Lipinski definition) is 2. The van der Waals surface area contributed by atoms with Gasteiger partial charge in [-0.05, 0) is 37.1 Å². The van der Waals surface area contributed by atoms with Crippen molar-refractivity contribution in [3.63, 3.8) is 0 Å². The van der Waals surface area contributed by atoms with Gasteiger partial charge in [-0.3, -0.25) is 0 Å². The molecule has 74 valence electrons. The van der Waals surface area contributed by atoms with E-state index in [0.29, 0.717) is 0 Å². The number of aryl methyl sites for hydroxylation is 2. The number of nitrogens with two attached hydrogens (primary N) is 2. The smallest absolute Gasteiger partial charge is 0.0832 e. The van der Waals surface area contributed by atoms with Crippen molar-refractivity contribution in [2.45, 2.75) is 13.8 Å². The topological polar surface area (TPSA) is 61.3 Å². The normalized spacial score (nSPS) is 8.92. The summed E-state index contributed by atoms with van der Waals surface area (Å²) >= 11 is 8.53. The lowest BCUT2D eigenvalue weighted by Gasteiger charge is -2.04. The Morgan fingerprint density at radius 1 is 1.08 bits per heavy atom. The van der Waals surface area contributed by atoms with Crippen LogP contribution in [-0.2, 0) is 3.84 Å². The van der Waals surface area contributed by atoms with E-state index in [4.69, 9.17) is 11.5 Å². The zero-order valence-electron chi connectivity index (χ0n) is 7.47. The van der Waals surface area contributed by atoms with Crippen molar-refractivity contribution < 1.29 is 3.84 Å². The summed E-state index contributed by atoms with van der Waals surface area (Å²) in [5.41, 5.74) is 15.0. The molecule has 0 atom stereocenters. The summed E-state index contributed by atoms with van der Waals surface area (Å²) in [7, 11) is 0. The third-order valence-corrected chi connectivity index (χ3v) is 1.62. The van der Waals surface area contributed by atoms with Gasteiger partial charge in [0.2, 0.25) is 0 Å². The summed E-state index contributed by atoms with van der Waals surface area (Å²) in [4.78, 5) is 0. The molecule has 0 saturated heterocycles. The van der Waals surface area contributed by atoms with E-state index in [1.165, 1.54) is 0 Å². The molecular weight excluding hydrogens is 211 g/mol. The Labute approximate surface area is 87.9 Å². The maximum Gasteiger partial charge on any atom is 0.0832 e. The van der Waals surface area contributed by atoms with Gasteiger partial charge in [0.15, 0.2) is 0 Å². The van der Waals surface area contributed by atoms with Crippen LogP contribution in [0.2, 0.25) is 0 Å². The molecule has 0 spiro atoms. The molecule has 5 heteroatoms. The maximum absolute atomic E-state index is 5.70. The van der Waals surface area contributed by atoms with Crippen LogP contribution in [0, 0.1) is 13.8 Å². The number of halogens is 2. The highest BCUT2D eigenvalue weighted by Gasteiger charge is 1.97. The summed E-state index contributed by atoms with van der Waals surface area (Å²) in [6.45, 7) is 3.91. The first-order valence-electron chi connectivity index (χ1n) is 3.54. The van der Waals surface area contributed by atoms with E-state index >= 15 is 0 Å². The predicted molar refractivity (Wildman–Crippen MR) is 57.5 cm³/mol. The van der Waals surface area contributed by atoms with Crippen LogP contribution in [0.4, 0.5) is 11.4 Å².